The van der Waals surface area contributed by atoms with Crippen LogP contribution in [0, 0.1) is 11.7 Å². The first-order chi connectivity index (χ1) is 10.9. The minimum Gasteiger partial charge on any atom is -0.356 e. The Morgan fingerprint density at radius 1 is 1.26 bits per heavy atom. The first-order valence-corrected chi connectivity index (χ1v) is 9.53. The molecule has 0 bridgehead atoms. The summed E-state index contributed by atoms with van der Waals surface area (Å²) in [6, 6.07) is 6.22. The molecule has 0 saturated carbocycles. The van der Waals surface area contributed by atoms with Gasteiger partial charge in [0.05, 0.1) is 5.75 Å². The van der Waals surface area contributed by atoms with E-state index in [0.717, 1.165) is 5.56 Å². The molecule has 1 amide bonds. The van der Waals surface area contributed by atoms with Crippen LogP contribution in [0.25, 0.3) is 0 Å². The van der Waals surface area contributed by atoms with Gasteiger partial charge >= 0.3 is 0 Å². The largest absolute Gasteiger partial charge is 0.356 e. The van der Waals surface area contributed by atoms with Crippen LogP contribution in [0.15, 0.2) is 24.3 Å². The van der Waals surface area contributed by atoms with E-state index < -0.39 is 10.0 Å². The number of sulfonamides is 1. The molecule has 1 aliphatic heterocycles. The molecule has 7 heteroatoms. The Morgan fingerprint density at radius 2 is 1.87 bits per heavy atom. The average molecular weight is 342 g/mol. The number of piperidine rings is 1. The van der Waals surface area contributed by atoms with Gasteiger partial charge in [-0.1, -0.05) is 12.1 Å². The molecule has 128 valence electrons. The van der Waals surface area contributed by atoms with Crippen LogP contribution in [0.4, 0.5) is 4.39 Å². The maximum atomic E-state index is 12.8. The van der Waals surface area contributed by atoms with Crippen molar-refractivity contribution in [3.05, 3.63) is 35.6 Å². The lowest BCUT2D eigenvalue weighted by Crippen LogP contribution is -2.43. The molecule has 1 aromatic carbocycles. The number of rotatable bonds is 6. The van der Waals surface area contributed by atoms with Gasteiger partial charge in [-0.15, -0.1) is 0 Å². The first-order valence-electron chi connectivity index (χ1n) is 7.92. The Labute approximate surface area is 136 Å². The van der Waals surface area contributed by atoms with Gasteiger partial charge in [0.15, 0.2) is 0 Å². The van der Waals surface area contributed by atoms with Gasteiger partial charge in [-0.05, 0) is 43.9 Å². The van der Waals surface area contributed by atoms with Crippen LogP contribution in [0.1, 0.15) is 25.3 Å². The number of carbonyl (C=O) groups is 1. The lowest BCUT2D eigenvalue weighted by atomic mass is 9.97. The van der Waals surface area contributed by atoms with E-state index in [1.807, 2.05) is 0 Å². The van der Waals surface area contributed by atoms with E-state index >= 15 is 0 Å². The summed E-state index contributed by atoms with van der Waals surface area (Å²) in [7, 11) is -3.16. The van der Waals surface area contributed by atoms with Crippen LogP contribution >= 0.6 is 0 Å². The zero-order valence-corrected chi connectivity index (χ0v) is 14.1. The molecular formula is C16H23FN2O3S. The number of amides is 1. The first kappa shape index (κ1) is 17.9. The SMILES string of the molecule is CCS(=O)(=O)N1CCC(C(=O)NCCc2ccc(F)cc2)CC1. The molecule has 0 spiro atoms. The summed E-state index contributed by atoms with van der Waals surface area (Å²) in [4.78, 5) is 12.1. The monoisotopic (exact) mass is 342 g/mol. The van der Waals surface area contributed by atoms with Crippen molar-refractivity contribution >= 4 is 15.9 Å². The number of hydrogen-bond acceptors (Lipinski definition) is 3. The number of nitrogens with one attached hydrogen (secondary N) is 1. The highest BCUT2D eigenvalue weighted by Crippen LogP contribution is 2.20. The standard InChI is InChI=1S/C16H23FN2O3S/c1-2-23(21,22)19-11-8-14(9-12-19)16(20)18-10-7-13-3-5-15(17)6-4-13/h3-6,14H,2,7-12H2,1H3,(H,18,20). The smallest absolute Gasteiger partial charge is 0.223 e. The number of nitrogens with zero attached hydrogens (tertiary/aromatic N) is 1. The van der Waals surface area contributed by atoms with Crippen LogP contribution in [-0.2, 0) is 21.2 Å². The summed E-state index contributed by atoms with van der Waals surface area (Å²) in [5.41, 5.74) is 0.968. The van der Waals surface area contributed by atoms with Crippen molar-refractivity contribution in [1.82, 2.24) is 9.62 Å². The Hall–Kier alpha value is -1.47. The van der Waals surface area contributed by atoms with Gasteiger partial charge in [-0.3, -0.25) is 4.79 Å². The van der Waals surface area contributed by atoms with Crippen LogP contribution in [0.2, 0.25) is 0 Å². The number of carbonyl (C=O) groups excluding carboxylic acids is 1. The van der Waals surface area contributed by atoms with Crippen molar-refractivity contribution in [3.8, 4) is 0 Å². The molecule has 1 aliphatic rings. The minimum absolute atomic E-state index is 0.0272. The summed E-state index contributed by atoms with van der Waals surface area (Å²) < 4.78 is 37.8. The van der Waals surface area contributed by atoms with E-state index in [4.69, 9.17) is 0 Å². The van der Waals surface area contributed by atoms with E-state index in [2.05, 4.69) is 5.32 Å². The molecule has 5 nitrogen and oxygen atoms in total. The second-order valence-corrected chi connectivity index (χ2v) is 8.00. The summed E-state index contributed by atoms with van der Waals surface area (Å²) in [5.74, 6) is -0.333. The summed E-state index contributed by atoms with van der Waals surface area (Å²) in [5, 5.41) is 2.88. The zero-order chi connectivity index (χ0) is 16.9. The maximum Gasteiger partial charge on any atom is 0.223 e. The highest BCUT2D eigenvalue weighted by molar-refractivity contribution is 7.89. The van der Waals surface area contributed by atoms with Gasteiger partial charge in [-0.2, -0.15) is 0 Å². The molecule has 0 radical (unpaired) electrons. The lowest BCUT2D eigenvalue weighted by molar-refractivity contribution is -0.126. The van der Waals surface area contributed by atoms with E-state index in [-0.39, 0.29) is 23.4 Å². The lowest BCUT2D eigenvalue weighted by Gasteiger charge is -2.30. The van der Waals surface area contributed by atoms with Crippen molar-refractivity contribution < 1.29 is 17.6 Å². The molecule has 0 aromatic heterocycles. The van der Waals surface area contributed by atoms with Gasteiger partial charge in [-0.25, -0.2) is 17.1 Å². The van der Waals surface area contributed by atoms with Crippen LogP contribution in [-0.4, -0.2) is 44.0 Å². The fourth-order valence-corrected chi connectivity index (χ4v) is 3.84. The number of halogens is 1. The molecule has 1 aromatic rings. The van der Waals surface area contributed by atoms with Gasteiger partial charge in [0.25, 0.3) is 0 Å². The Balaban J connectivity index is 1.74. The van der Waals surface area contributed by atoms with Gasteiger partial charge in [0.1, 0.15) is 5.82 Å². The summed E-state index contributed by atoms with van der Waals surface area (Å²) in [6.45, 7) is 2.94. The van der Waals surface area contributed by atoms with Crippen LogP contribution < -0.4 is 5.32 Å². The van der Waals surface area contributed by atoms with E-state index in [1.165, 1.54) is 16.4 Å². The van der Waals surface area contributed by atoms with Crippen LogP contribution in [0.5, 0.6) is 0 Å². The second-order valence-electron chi connectivity index (χ2n) is 5.74. The summed E-state index contributed by atoms with van der Waals surface area (Å²) in [6.07, 6.45) is 1.76. The van der Waals surface area contributed by atoms with E-state index in [1.54, 1.807) is 19.1 Å². The molecule has 0 atom stereocenters. The highest BCUT2D eigenvalue weighted by atomic mass is 32.2. The fourth-order valence-electron chi connectivity index (χ4n) is 2.70. The minimum atomic E-state index is -3.16. The molecule has 23 heavy (non-hydrogen) atoms. The van der Waals surface area contributed by atoms with Crippen molar-refractivity contribution in [2.75, 3.05) is 25.4 Å². The Kier molecular flexibility index (Phi) is 6.12. The molecule has 1 saturated heterocycles. The normalized spacial score (nSPS) is 17.1. The highest BCUT2D eigenvalue weighted by Gasteiger charge is 2.29. The van der Waals surface area contributed by atoms with E-state index in [9.17, 15) is 17.6 Å². The molecule has 1 fully saturated rings. The Morgan fingerprint density at radius 3 is 2.43 bits per heavy atom. The number of hydrogen-bond donors (Lipinski definition) is 1. The Bertz CT molecular complexity index is 623. The third-order valence-corrected chi connectivity index (χ3v) is 6.09. The molecule has 0 aliphatic carbocycles. The quantitative estimate of drug-likeness (QED) is 0.853. The fraction of sp³-hybridized carbons (Fsp3) is 0.562. The number of benzene rings is 1. The predicted octanol–water partition coefficient (Wildman–Crippen LogP) is 1.55. The molecule has 0 unspecified atom stereocenters. The summed E-state index contributed by atoms with van der Waals surface area (Å²) >= 11 is 0. The zero-order valence-electron chi connectivity index (χ0n) is 13.3. The van der Waals surface area contributed by atoms with Gasteiger partial charge in [0.2, 0.25) is 15.9 Å². The molecule has 1 N–H and O–H groups in total. The van der Waals surface area contributed by atoms with Crippen molar-refractivity contribution in [1.29, 1.82) is 0 Å². The van der Waals surface area contributed by atoms with Crippen LogP contribution in [0.3, 0.4) is 0 Å². The third kappa shape index (κ3) is 5.00. The van der Waals surface area contributed by atoms with Crippen molar-refractivity contribution in [2.45, 2.75) is 26.2 Å². The molecule has 1 heterocycles. The topological polar surface area (TPSA) is 66.5 Å². The van der Waals surface area contributed by atoms with E-state index in [0.29, 0.717) is 38.9 Å². The average Bonchev–Trinajstić information content (AvgIpc) is 2.56. The van der Waals surface area contributed by atoms with Gasteiger partial charge in [0, 0.05) is 25.6 Å². The molecular weight excluding hydrogens is 319 g/mol. The second kappa shape index (κ2) is 7.88. The third-order valence-electron chi connectivity index (χ3n) is 4.21. The van der Waals surface area contributed by atoms with Crippen molar-refractivity contribution in [3.63, 3.8) is 0 Å². The van der Waals surface area contributed by atoms with Crippen molar-refractivity contribution in [2.24, 2.45) is 5.92 Å². The molecule has 2 rings (SSSR count). The maximum absolute atomic E-state index is 12.8. The predicted molar refractivity (Wildman–Crippen MR) is 86.9 cm³/mol. The van der Waals surface area contributed by atoms with Gasteiger partial charge < -0.3 is 5.32 Å².